The molecule has 3 rings (SSSR count). The summed E-state index contributed by atoms with van der Waals surface area (Å²) in [6, 6.07) is 1.65. The first-order valence-corrected chi connectivity index (χ1v) is 7.89. The van der Waals surface area contributed by atoms with Crippen molar-refractivity contribution in [2.24, 2.45) is 0 Å². The highest BCUT2D eigenvalue weighted by Gasteiger charge is 2.16. The van der Waals surface area contributed by atoms with E-state index in [4.69, 9.17) is 23.2 Å². The molecule has 1 aromatic carbocycles. The predicted octanol–water partition coefficient (Wildman–Crippen LogP) is 3.52. The van der Waals surface area contributed by atoms with Gasteiger partial charge in [-0.15, -0.1) is 5.10 Å². The lowest BCUT2D eigenvalue weighted by Gasteiger charge is -2.04. The first kappa shape index (κ1) is 13.2. The number of hydrogen-bond acceptors (Lipinski definition) is 5. The number of nitrogens with zero attached hydrogens (tertiary/aromatic N) is 5. The number of rotatable bonds is 3. The molecule has 2 aromatic heterocycles. The summed E-state index contributed by atoms with van der Waals surface area (Å²) in [5, 5.41) is 9.95. The van der Waals surface area contributed by atoms with E-state index < -0.39 is 0 Å². The second kappa shape index (κ2) is 5.32. The highest BCUT2D eigenvalue weighted by molar-refractivity contribution is 9.09. The first-order chi connectivity index (χ1) is 9.20. The maximum absolute atomic E-state index is 6.24. The second-order valence-electron chi connectivity index (χ2n) is 3.74. The number of halogens is 3. The molecule has 0 spiro atoms. The monoisotopic (exact) mass is 377 g/mol. The highest BCUT2D eigenvalue weighted by Crippen LogP contribution is 2.33. The molecule has 2 heterocycles. The molecule has 0 amide bonds. The lowest BCUT2D eigenvalue weighted by molar-refractivity contribution is 0.802. The minimum Gasteiger partial charge on any atom is -0.217 e. The van der Waals surface area contributed by atoms with Crippen LogP contribution in [0, 0.1) is 0 Å². The van der Waals surface area contributed by atoms with Crippen LogP contribution in [0.1, 0.15) is 5.69 Å². The van der Waals surface area contributed by atoms with Crippen molar-refractivity contribution in [3.8, 4) is 5.69 Å². The Bertz CT molecular complexity index is 741. The van der Waals surface area contributed by atoms with Crippen molar-refractivity contribution in [2.75, 3.05) is 5.33 Å². The zero-order chi connectivity index (χ0) is 13.4. The molecular weight excluding hydrogens is 373 g/mol. The largest absolute Gasteiger partial charge is 0.217 e. The number of benzene rings is 1. The summed E-state index contributed by atoms with van der Waals surface area (Å²) in [6.07, 6.45) is 2.62. The third-order valence-corrected chi connectivity index (χ3v) is 4.04. The van der Waals surface area contributed by atoms with E-state index in [1.807, 2.05) is 6.20 Å². The quantitative estimate of drug-likeness (QED) is 0.654. The number of aryl methyl sites for hydroxylation is 1. The van der Waals surface area contributed by atoms with E-state index >= 15 is 0 Å². The van der Waals surface area contributed by atoms with Crippen molar-refractivity contribution >= 4 is 61.9 Å². The third-order valence-electron chi connectivity index (χ3n) is 2.54. The fourth-order valence-corrected chi connectivity index (χ4v) is 3.30. The van der Waals surface area contributed by atoms with E-state index in [1.165, 1.54) is 0 Å². The zero-order valence-corrected chi connectivity index (χ0v) is 13.3. The van der Waals surface area contributed by atoms with E-state index in [9.17, 15) is 0 Å². The van der Waals surface area contributed by atoms with Crippen LogP contribution in [-0.4, -0.2) is 29.1 Å². The van der Waals surface area contributed by atoms with Crippen molar-refractivity contribution < 1.29 is 0 Å². The molecular formula is C10H6BrCl2N5S. The van der Waals surface area contributed by atoms with Crippen LogP contribution < -0.4 is 0 Å². The lowest BCUT2D eigenvalue weighted by atomic mass is 10.2. The van der Waals surface area contributed by atoms with Gasteiger partial charge >= 0.3 is 0 Å². The summed E-state index contributed by atoms with van der Waals surface area (Å²) < 4.78 is 10.0. The molecule has 0 aliphatic carbocycles. The average molecular weight is 379 g/mol. The van der Waals surface area contributed by atoms with E-state index in [-0.39, 0.29) is 0 Å². The predicted molar refractivity (Wildman–Crippen MR) is 79.9 cm³/mol. The van der Waals surface area contributed by atoms with Crippen LogP contribution in [0.4, 0.5) is 0 Å². The minimum absolute atomic E-state index is 0.473. The summed E-state index contributed by atoms with van der Waals surface area (Å²) in [7, 11) is 0. The van der Waals surface area contributed by atoms with Crippen molar-refractivity contribution in [3.63, 3.8) is 0 Å². The third kappa shape index (κ3) is 2.35. The van der Waals surface area contributed by atoms with Gasteiger partial charge in [0.25, 0.3) is 0 Å². The van der Waals surface area contributed by atoms with Gasteiger partial charge < -0.3 is 0 Å². The van der Waals surface area contributed by atoms with Crippen molar-refractivity contribution in [1.82, 2.24) is 23.7 Å². The molecule has 0 N–H and O–H groups in total. The second-order valence-corrected chi connectivity index (χ2v) is 5.88. The Balaban J connectivity index is 2.20. The fourth-order valence-electron chi connectivity index (χ4n) is 1.70. The topological polar surface area (TPSA) is 56.5 Å². The van der Waals surface area contributed by atoms with Gasteiger partial charge in [0.1, 0.15) is 16.7 Å². The molecule has 5 nitrogen and oxygen atoms in total. The summed E-state index contributed by atoms with van der Waals surface area (Å²) in [5.41, 5.74) is 2.80. The smallest absolute Gasteiger partial charge is 0.133 e. The Morgan fingerprint density at radius 3 is 2.79 bits per heavy atom. The summed E-state index contributed by atoms with van der Waals surface area (Å²) in [6.45, 7) is 0. The molecule has 0 atom stereocenters. The van der Waals surface area contributed by atoms with Gasteiger partial charge in [-0.25, -0.2) is 4.68 Å². The Hall–Kier alpha value is -0.760. The molecule has 3 aromatic rings. The maximum atomic E-state index is 6.24. The Morgan fingerprint density at radius 2 is 2.00 bits per heavy atom. The fraction of sp³-hybridized carbons (Fsp3) is 0.200. The first-order valence-electron chi connectivity index (χ1n) is 5.28. The van der Waals surface area contributed by atoms with E-state index in [1.54, 1.807) is 10.7 Å². The molecule has 0 radical (unpaired) electrons. The summed E-state index contributed by atoms with van der Waals surface area (Å²) in [4.78, 5) is 0. The molecule has 19 heavy (non-hydrogen) atoms. The van der Waals surface area contributed by atoms with Crippen molar-refractivity contribution in [2.45, 2.75) is 6.42 Å². The van der Waals surface area contributed by atoms with Gasteiger partial charge in [-0.2, -0.15) is 8.75 Å². The van der Waals surface area contributed by atoms with Gasteiger partial charge in [-0.1, -0.05) is 44.3 Å². The van der Waals surface area contributed by atoms with Crippen LogP contribution in [0.5, 0.6) is 0 Å². The zero-order valence-electron chi connectivity index (χ0n) is 9.35. The normalized spacial score (nSPS) is 11.3. The SMILES string of the molecule is Clc1cc(Cl)c2nsnc2c1-n1cc(CCBr)nn1. The van der Waals surface area contributed by atoms with Crippen LogP contribution in [0.2, 0.25) is 10.0 Å². The Labute approximate surface area is 131 Å². The van der Waals surface area contributed by atoms with Gasteiger partial charge in [0.2, 0.25) is 0 Å². The number of alkyl halides is 1. The van der Waals surface area contributed by atoms with E-state index in [0.29, 0.717) is 26.8 Å². The van der Waals surface area contributed by atoms with Gasteiger partial charge in [0, 0.05) is 11.8 Å². The molecule has 0 unspecified atom stereocenters. The van der Waals surface area contributed by atoms with Crippen molar-refractivity contribution in [3.05, 3.63) is 28.0 Å². The highest BCUT2D eigenvalue weighted by atomic mass is 79.9. The average Bonchev–Trinajstić information content (AvgIpc) is 2.99. The molecule has 98 valence electrons. The Kier molecular flexibility index (Phi) is 3.70. The molecule has 9 heteroatoms. The molecule has 0 aliphatic heterocycles. The van der Waals surface area contributed by atoms with E-state index in [2.05, 4.69) is 35.0 Å². The molecule has 0 saturated heterocycles. The van der Waals surface area contributed by atoms with Crippen LogP contribution in [0.3, 0.4) is 0 Å². The van der Waals surface area contributed by atoms with Gasteiger partial charge in [0.05, 0.1) is 33.7 Å². The lowest BCUT2D eigenvalue weighted by Crippen LogP contribution is -1.98. The number of hydrogen-bond donors (Lipinski definition) is 0. The summed E-state index contributed by atoms with van der Waals surface area (Å²) in [5.74, 6) is 0. The van der Waals surface area contributed by atoms with Crippen molar-refractivity contribution in [1.29, 1.82) is 0 Å². The molecule has 0 bridgehead atoms. The van der Waals surface area contributed by atoms with Crippen LogP contribution in [0.15, 0.2) is 12.3 Å². The molecule has 0 saturated carbocycles. The van der Waals surface area contributed by atoms with Gasteiger partial charge in [0.15, 0.2) is 0 Å². The number of aromatic nitrogens is 5. The van der Waals surface area contributed by atoms with Gasteiger partial charge in [-0.05, 0) is 6.07 Å². The summed E-state index contributed by atoms with van der Waals surface area (Å²) >= 11 is 16.8. The molecule has 0 fully saturated rings. The Morgan fingerprint density at radius 1 is 1.21 bits per heavy atom. The van der Waals surface area contributed by atoms with Crippen LogP contribution in [-0.2, 0) is 6.42 Å². The van der Waals surface area contributed by atoms with Crippen LogP contribution in [0.25, 0.3) is 16.7 Å². The van der Waals surface area contributed by atoms with Crippen LogP contribution >= 0.6 is 50.9 Å². The minimum atomic E-state index is 0.473. The molecule has 0 aliphatic rings. The van der Waals surface area contributed by atoms with E-state index in [0.717, 1.165) is 29.2 Å². The standard InChI is InChI=1S/C10H6BrCl2N5S/c11-2-1-5-4-18(17-14-5)10-7(13)3-6(12)8-9(10)16-19-15-8/h3-4H,1-2H2. The number of fused-ring (bicyclic) bond motifs is 1. The maximum Gasteiger partial charge on any atom is 0.133 e. The van der Waals surface area contributed by atoms with Gasteiger partial charge in [-0.3, -0.25) is 0 Å².